The normalized spacial score (nSPS) is 14.5. The van der Waals surface area contributed by atoms with E-state index in [-0.39, 0.29) is 0 Å². The van der Waals surface area contributed by atoms with Crippen LogP contribution in [-0.2, 0) is 19.3 Å². The van der Waals surface area contributed by atoms with E-state index in [2.05, 4.69) is 23.2 Å². The largest absolute Gasteiger partial charge is 0.330 e. The second-order valence-corrected chi connectivity index (χ2v) is 5.79. The Morgan fingerprint density at radius 1 is 1.17 bits per heavy atom. The van der Waals surface area contributed by atoms with Crippen molar-refractivity contribution in [3.05, 3.63) is 39.7 Å². The van der Waals surface area contributed by atoms with Gasteiger partial charge in [-0.05, 0) is 55.8 Å². The van der Waals surface area contributed by atoms with Gasteiger partial charge in [0.15, 0.2) is 0 Å². The van der Waals surface area contributed by atoms with Crippen LogP contribution in [-0.4, -0.2) is 11.5 Å². The summed E-state index contributed by atoms with van der Waals surface area (Å²) in [6, 6.07) is 6.85. The number of nitrogens with two attached hydrogens (primary N) is 1. The van der Waals surface area contributed by atoms with Gasteiger partial charge in [0.1, 0.15) is 0 Å². The van der Waals surface area contributed by atoms with Gasteiger partial charge in [-0.15, -0.1) is 11.3 Å². The first-order valence-electron chi connectivity index (χ1n) is 6.63. The minimum atomic E-state index is 0.695. The van der Waals surface area contributed by atoms with Crippen LogP contribution in [0.25, 0.3) is 11.3 Å². The van der Waals surface area contributed by atoms with Gasteiger partial charge in [0, 0.05) is 10.4 Å². The van der Waals surface area contributed by atoms with Crippen molar-refractivity contribution in [2.45, 2.75) is 32.1 Å². The first kappa shape index (κ1) is 11.9. The average molecular weight is 258 g/mol. The summed E-state index contributed by atoms with van der Waals surface area (Å²) in [5, 5.41) is 0. The lowest BCUT2D eigenvalue weighted by Gasteiger charge is -2.16. The number of aryl methyl sites for hydroxylation is 2. The molecule has 3 heteroatoms. The van der Waals surface area contributed by atoms with Gasteiger partial charge in [-0.3, -0.25) is 0 Å². The van der Waals surface area contributed by atoms with Gasteiger partial charge in [-0.2, -0.15) is 0 Å². The van der Waals surface area contributed by atoms with Crippen LogP contribution < -0.4 is 5.73 Å². The zero-order valence-corrected chi connectivity index (χ0v) is 11.3. The van der Waals surface area contributed by atoms with Crippen LogP contribution in [0.2, 0.25) is 0 Å². The van der Waals surface area contributed by atoms with Crippen LogP contribution in [0, 0.1) is 0 Å². The highest BCUT2D eigenvalue weighted by atomic mass is 32.1. The Hall–Kier alpha value is -1.19. The summed E-state index contributed by atoms with van der Waals surface area (Å²) in [6.07, 6.45) is 6.05. The second kappa shape index (κ2) is 5.21. The van der Waals surface area contributed by atoms with Crippen LogP contribution in [0.15, 0.2) is 23.7 Å². The average Bonchev–Trinajstić information content (AvgIpc) is 2.87. The van der Waals surface area contributed by atoms with Gasteiger partial charge in [0.25, 0.3) is 0 Å². The summed E-state index contributed by atoms with van der Waals surface area (Å²) in [7, 11) is 0. The minimum absolute atomic E-state index is 0.695. The molecule has 0 atom stereocenters. The predicted octanol–water partition coefficient (Wildman–Crippen LogP) is 3.19. The molecule has 0 radical (unpaired) electrons. The van der Waals surface area contributed by atoms with Crippen LogP contribution in [0.1, 0.15) is 28.8 Å². The van der Waals surface area contributed by atoms with Gasteiger partial charge in [0.2, 0.25) is 0 Å². The van der Waals surface area contributed by atoms with E-state index < -0.39 is 0 Å². The van der Waals surface area contributed by atoms with Crippen molar-refractivity contribution in [2.75, 3.05) is 6.54 Å². The third kappa shape index (κ3) is 2.20. The third-order valence-corrected chi connectivity index (χ3v) is 4.53. The molecule has 18 heavy (non-hydrogen) atoms. The first-order chi connectivity index (χ1) is 8.88. The lowest BCUT2D eigenvalue weighted by atomic mass is 9.90. The third-order valence-electron chi connectivity index (χ3n) is 3.63. The zero-order chi connectivity index (χ0) is 12.4. The van der Waals surface area contributed by atoms with E-state index in [1.165, 1.54) is 47.3 Å². The molecule has 1 heterocycles. The molecule has 0 saturated carbocycles. The fraction of sp³-hybridized carbons (Fsp3) is 0.400. The molecule has 0 aliphatic heterocycles. The van der Waals surface area contributed by atoms with E-state index in [0.717, 1.165) is 12.1 Å². The van der Waals surface area contributed by atoms with Crippen molar-refractivity contribution in [1.29, 1.82) is 0 Å². The van der Waals surface area contributed by atoms with Crippen molar-refractivity contribution in [3.63, 3.8) is 0 Å². The number of benzene rings is 1. The van der Waals surface area contributed by atoms with Gasteiger partial charge >= 0.3 is 0 Å². The van der Waals surface area contributed by atoms with Crippen molar-refractivity contribution >= 4 is 11.3 Å². The smallest absolute Gasteiger partial charge is 0.0843 e. The number of nitrogens with zero attached hydrogens (tertiary/aromatic N) is 1. The number of hydrogen-bond acceptors (Lipinski definition) is 3. The fourth-order valence-electron chi connectivity index (χ4n) is 2.70. The zero-order valence-electron chi connectivity index (χ0n) is 10.5. The molecule has 1 aliphatic carbocycles. The molecule has 2 aromatic rings. The topological polar surface area (TPSA) is 38.9 Å². The van der Waals surface area contributed by atoms with Gasteiger partial charge < -0.3 is 5.73 Å². The lowest BCUT2D eigenvalue weighted by molar-refractivity contribution is 0.686. The highest BCUT2D eigenvalue weighted by Gasteiger charge is 2.13. The van der Waals surface area contributed by atoms with Crippen molar-refractivity contribution in [2.24, 2.45) is 5.73 Å². The predicted molar refractivity (Wildman–Crippen MR) is 77.0 cm³/mol. The summed E-state index contributed by atoms with van der Waals surface area (Å²) in [5.74, 6) is 0. The molecule has 0 amide bonds. The Morgan fingerprint density at radius 3 is 2.83 bits per heavy atom. The summed E-state index contributed by atoms with van der Waals surface area (Å²) in [5.41, 5.74) is 13.0. The number of thiazole rings is 1. The van der Waals surface area contributed by atoms with E-state index in [1.807, 2.05) is 5.51 Å². The number of rotatable bonds is 3. The van der Waals surface area contributed by atoms with Crippen LogP contribution in [0.3, 0.4) is 0 Å². The molecule has 94 valence electrons. The van der Waals surface area contributed by atoms with Crippen molar-refractivity contribution in [3.8, 4) is 11.3 Å². The molecule has 0 saturated heterocycles. The fourth-order valence-corrected chi connectivity index (χ4v) is 3.50. The maximum absolute atomic E-state index is 5.66. The molecule has 1 aromatic heterocycles. The van der Waals surface area contributed by atoms with E-state index in [0.29, 0.717) is 6.54 Å². The van der Waals surface area contributed by atoms with Crippen molar-refractivity contribution in [1.82, 2.24) is 4.98 Å². The molecule has 1 aliphatic rings. The molecule has 1 aromatic carbocycles. The lowest BCUT2D eigenvalue weighted by Crippen LogP contribution is -2.04. The monoisotopic (exact) mass is 258 g/mol. The minimum Gasteiger partial charge on any atom is -0.330 e. The van der Waals surface area contributed by atoms with Crippen molar-refractivity contribution < 1.29 is 0 Å². The Bertz CT molecular complexity index is 545. The molecule has 0 unspecified atom stereocenters. The highest BCUT2D eigenvalue weighted by Crippen LogP contribution is 2.30. The van der Waals surface area contributed by atoms with Gasteiger partial charge in [-0.25, -0.2) is 4.98 Å². The molecule has 2 nitrogen and oxygen atoms in total. The quantitative estimate of drug-likeness (QED) is 0.918. The molecule has 0 fully saturated rings. The number of fused-ring (bicyclic) bond motifs is 1. The second-order valence-electron chi connectivity index (χ2n) is 4.85. The Labute approximate surface area is 112 Å². The summed E-state index contributed by atoms with van der Waals surface area (Å²) < 4.78 is 0. The standard InChI is InChI=1S/C15H18N2S/c16-8-7-14-15(17-10-18-14)13-6-5-11-3-1-2-4-12(11)9-13/h5-6,9-10H,1-4,7-8,16H2. The number of aromatic nitrogens is 1. The van der Waals surface area contributed by atoms with Gasteiger partial charge in [-0.1, -0.05) is 12.1 Å². The first-order valence-corrected chi connectivity index (χ1v) is 7.51. The maximum Gasteiger partial charge on any atom is 0.0843 e. The molecule has 0 bridgehead atoms. The molecule has 0 spiro atoms. The van der Waals surface area contributed by atoms with Gasteiger partial charge in [0.05, 0.1) is 11.2 Å². The SMILES string of the molecule is NCCc1scnc1-c1ccc2c(c1)CCCC2. The van der Waals surface area contributed by atoms with Crippen LogP contribution >= 0.6 is 11.3 Å². The molecular formula is C15H18N2S. The van der Waals surface area contributed by atoms with E-state index >= 15 is 0 Å². The highest BCUT2D eigenvalue weighted by molar-refractivity contribution is 7.10. The molecule has 2 N–H and O–H groups in total. The Balaban J connectivity index is 1.98. The van der Waals surface area contributed by atoms with E-state index in [9.17, 15) is 0 Å². The Morgan fingerprint density at radius 2 is 2.00 bits per heavy atom. The van der Waals surface area contributed by atoms with Crippen LogP contribution in [0.5, 0.6) is 0 Å². The summed E-state index contributed by atoms with van der Waals surface area (Å²) in [6.45, 7) is 0.695. The molecular weight excluding hydrogens is 240 g/mol. The number of hydrogen-bond donors (Lipinski definition) is 1. The summed E-state index contributed by atoms with van der Waals surface area (Å²) >= 11 is 1.72. The van der Waals surface area contributed by atoms with Crippen LogP contribution in [0.4, 0.5) is 0 Å². The van der Waals surface area contributed by atoms with E-state index in [4.69, 9.17) is 5.73 Å². The Kier molecular flexibility index (Phi) is 3.43. The molecule has 3 rings (SSSR count). The maximum atomic E-state index is 5.66. The van der Waals surface area contributed by atoms with E-state index in [1.54, 1.807) is 11.3 Å². The summed E-state index contributed by atoms with van der Waals surface area (Å²) in [4.78, 5) is 5.83.